The molecule has 0 amide bonds. The van der Waals surface area contributed by atoms with Crippen molar-refractivity contribution in [3.05, 3.63) is 35.9 Å². The molecule has 0 N–H and O–H groups in total. The maximum Gasteiger partial charge on any atom is 0.310 e. The average Bonchev–Trinajstić information content (AvgIpc) is 2.35. The molecular weight excluding hydrogens is 252 g/mol. The number of carbonyl (C=O) groups is 1. The molecule has 1 rings (SSSR count). The third-order valence-electron chi connectivity index (χ3n) is 3.11. The smallest absolute Gasteiger partial charge is 0.310 e. The predicted octanol–water partition coefficient (Wildman–Crippen LogP) is 3.32. The lowest BCUT2D eigenvalue weighted by molar-refractivity contribution is -0.162. The summed E-state index contributed by atoms with van der Waals surface area (Å²) >= 11 is 0. The van der Waals surface area contributed by atoms with Gasteiger partial charge < -0.3 is 4.74 Å². The number of hydrogen-bond acceptors (Lipinski definition) is 3. The molecule has 0 saturated heterocycles. The van der Waals surface area contributed by atoms with Crippen molar-refractivity contribution in [2.75, 3.05) is 0 Å². The molecule has 3 nitrogen and oxygen atoms in total. The number of hydrogen-bond donors (Lipinski definition) is 0. The van der Waals surface area contributed by atoms with Gasteiger partial charge in [-0.2, -0.15) is 0 Å². The molecule has 1 aromatic carbocycles. The van der Waals surface area contributed by atoms with Gasteiger partial charge >= 0.3 is 5.97 Å². The van der Waals surface area contributed by atoms with Crippen LogP contribution in [0, 0.1) is 11.3 Å². The van der Waals surface area contributed by atoms with E-state index >= 15 is 0 Å². The Hall–Kier alpha value is -1.64. The average molecular weight is 275 g/mol. The molecule has 3 heteroatoms. The Labute approximate surface area is 121 Å². The van der Waals surface area contributed by atoms with Crippen molar-refractivity contribution in [1.29, 1.82) is 0 Å². The number of carbonyl (C=O) groups excluding carboxylic acids is 2. The van der Waals surface area contributed by atoms with Crippen LogP contribution in [0.4, 0.5) is 0 Å². The van der Waals surface area contributed by atoms with Gasteiger partial charge in [-0.15, -0.1) is 0 Å². The van der Waals surface area contributed by atoms with E-state index in [-0.39, 0.29) is 5.97 Å². The van der Waals surface area contributed by atoms with Gasteiger partial charge in [-0.25, -0.2) is 0 Å². The molecule has 0 saturated carbocycles. The number of ether oxygens (including phenoxy) is 1. The minimum absolute atomic E-state index is 0.352. The van der Waals surface area contributed by atoms with E-state index in [0.717, 1.165) is 5.56 Å². The van der Waals surface area contributed by atoms with Crippen LogP contribution in [0.5, 0.6) is 0 Å². The Kier molecular flexibility index (Phi) is 5.09. The van der Waals surface area contributed by atoms with Gasteiger partial charge in [0.25, 0.3) is 0 Å². The SMILES string of the molecule is CC(C)(C)OC(=O)C(Cc1ccccc1)C(C)(C)[C]=O. The van der Waals surface area contributed by atoms with Gasteiger partial charge in [0.2, 0.25) is 6.29 Å². The standard InChI is InChI=1S/C17H23O3/c1-16(2,3)20-15(19)14(17(4,5)12-18)11-13-9-7-6-8-10-13/h6-10,14H,11H2,1-5H3. The molecular formula is C17H23O3. The van der Waals surface area contributed by atoms with Gasteiger partial charge in [0.15, 0.2) is 0 Å². The van der Waals surface area contributed by atoms with Crippen LogP contribution in [-0.4, -0.2) is 17.9 Å². The van der Waals surface area contributed by atoms with Crippen LogP contribution in [0.15, 0.2) is 30.3 Å². The Morgan fingerprint density at radius 1 is 1.15 bits per heavy atom. The van der Waals surface area contributed by atoms with Gasteiger partial charge in [-0.3, -0.25) is 9.59 Å². The molecule has 1 atom stereocenters. The highest BCUT2D eigenvalue weighted by atomic mass is 16.6. The molecule has 1 radical (unpaired) electrons. The van der Waals surface area contributed by atoms with Crippen LogP contribution >= 0.6 is 0 Å². The fourth-order valence-corrected chi connectivity index (χ4v) is 1.93. The highest BCUT2D eigenvalue weighted by Crippen LogP contribution is 2.30. The number of esters is 1. The number of rotatable bonds is 5. The second-order valence-corrected chi connectivity index (χ2v) is 6.60. The second kappa shape index (κ2) is 6.21. The Morgan fingerprint density at radius 2 is 1.70 bits per heavy atom. The molecule has 0 aliphatic carbocycles. The van der Waals surface area contributed by atoms with Crippen molar-refractivity contribution in [3.8, 4) is 0 Å². The van der Waals surface area contributed by atoms with Crippen molar-refractivity contribution >= 4 is 12.3 Å². The summed E-state index contributed by atoms with van der Waals surface area (Å²) in [7, 11) is 0. The summed E-state index contributed by atoms with van der Waals surface area (Å²) in [5.41, 5.74) is -0.435. The van der Waals surface area contributed by atoms with Crippen molar-refractivity contribution in [2.24, 2.45) is 11.3 Å². The summed E-state index contributed by atoms with van der Waals surface area (Å²) in [4.78, 5) is 23.6. The van der Waals surface area contributed by atoms with Crippen LogP contribution < -0.4 is 0 Å². The van der Waals surface area contributed by atoms with E-state index in [0.29, 0.717) is 6.42 Å². The van der Waals surface area contributed by atoms with Crippen LogP contribution in [-0.2, 0) is 20.7 Å². The Bertz CT molecular complexity index is 455. The van der Waals surface area contributed by atoms with Gasteiger partial charge in [0, 0.05) is 5.41 Å². The fourth-order valence-electron chi connectivity index (χ4n) is 1.93. The van der Waals surface area contributed by atoms with Gasteiger partial charge in [-0.05, 0) is 32.8 Å². The third-order valence-corrected chi connectivity index (χ3v) is 3.11. The Morgan fingerprint density at radius 3 is 2.15 bits per heavy atom. The molecule has 1 aromatic rings. The summed E-state index contributed by atoms with van der Waals surface area (Å²) < 4.78 is 5.44. The van der Waals surface area contributed by atoms with Crippen molar-refractivity contribution in [1.82, 2.24) is 0 Å². The zero-order valence-corrected chi connectivity index (χ0v) is 12.9. The van der Waals surface area contributed by atoms with E-state index < -0.39 is 16.9 Å². The first-order valence-electron chi connectivity index (χ1n) is 6.82. The van der Waals surface area contributed by atoms with E-state index in [1.165, 1.54) is 0 Å². The van der Waals surface area contributed by atoms with Crippen molar-refractivity contribution in [2.45, 2.75) is 46.6 Å². The lowest BCUT2D eigenvalue weighted by Gasteiger charge is -2.30. The summed E-state index contributed by atoms with van der Waals surface area (Å²) in [6, 6.07) is 9.64. The van der Waals surface area contributed by atoms with E-state index in [1.54, 1.807) is 13.8 Å². The first-order valence-corrected chi connectivity index (χ1v) is 6.82. The largest absolute Gasteiger partial charge is 0.460 e. The summed E-state index contributed by atoms with van der Waals surface area (Å²) in [6.07, 6.45) is 2.45. The van der Waals surface area contributed by atoms with Crippen LogP contribution in [0.1, 0.15) is 40.2 Å². The Balaban J connectivity index is 2.98. The van der Waals surface area contributed by atoms with E-state index in [2.05, 4.69) is 0 Å². The molecule has 0 aliphatic rings. The second-order valence-electron chi connectivity index (χ2n) is 6.60. The lowest BCUT2D eigenvalue weighted by Crippen LogP contribution is -2.38. The lowest BCUT2D eigenvalue weighted by atomic mass is 9.76. The summed E-state index contributed by atoms with van der Waals surface area (Å²) in [5.74, 6) is -0.892. The monoisotopic (exact) mass is 275 g/mol. The minimum Gasteiger partial charge on any atom is -0.460 e. The summed E-state index contributed by atoms with van der Waals surface area (Å²) in [6.45, 7) is 8.90. The molecule has 0 aliphatic heterocycles. The zero-order chi connectivity index (χ0) is 15.4. The van der Waals surface area contributed by atoms with Crippen LogP contribution in [0.2, 0.25) is 0 Å². The first kappa shape index (κ1) is 16.4. The summed E-state index contributed by atoms with van der Waals surface area (Å²) in [5, 5.41) is 0. The quantitative estimate of drug-likeness (QED) is 0.774. The molecule has 0 spiro atoms. The van der Waals surface area contributed by atoms with E-state index in [9.17, 15) is 9.59 Å². The fraction of sp³-hybridized carbons (Fsp3) is 0.529. The van der Waals surface area contributed by atoms with Crippen molar-refractivity contribution in [3.63, 3.8) is 0 Å². The van der Waals surface area contributed by atoms with Crippen molar-refractivity contribution < 1.29 is 14.3 Å². The third kappa shape index (κ3) is 4.80. The normalized spacial score (nSPS) is 13.7. The highest BCUT2D eigenvalue weighted by molar-refractivity contribution is 5.79. The van der Waals surface area contributed by atoms with Crippen LogP contribution in [0.3, 0.4) is 0 Å². The number of benzene rings is 1. The molecule has 0 aromatic heterocycles. The molecule has 0 bridgehead atoms. The molecule has 0 fully saturated rings. The predicted molar refractivity (Wildman–Crippen MR) is 79.0 cm³/mol. The van der Waals surface area contributed by atoms with E-state index in [4.69, 9.17) is 4.74 Å². The van der Waals surface area contributed by atoms with Crippen LogP contribution in [0.25, 0.3) is 0 Å². The molecule has 0 heterocycles. The van der Waals surface area contributed by atoms with Gasteiger partial charge in [0.1, 0.15) is 5.60 Å². The highest BCUT2D eigenvalue weighted by Gasteiger charge is 2.38. The first-order chi connectivity index (χ1) is 9.15. The topological polar surface area (TPSA) is 43.4 Å². The molecule has 1 unspecified atom stereocenters. The van der Waals surface area contributed by atoms with Gasteiger partial charge in [-0.1, -0.05) is 44.2 Å². The van der Waals surface area contributed by atoms with Gasteiger partial charge in [0.05, 0.1) is 5.92 Å². The maximum absolute atomic E-state index is 12.4. The maximum atomic E-state index is 12.4. The minimum atomic E-state index is -0.877. The molecule has 20 heavy (non-hydrogen) atoms. The molecule has 109 valence electrons. The van der Waals surface area contributed by atoms with E-state index in [1.807, 2.05) is 57.4 Å². The zero-order valence-electron chi connectivity index (χ0n) is 12.9.